The minimum Gasteiger partial charge on any atom is -0.491 e. The third-order valence-electron chi connectivity index (χ3n) is 3.15. The molecule has 0 saturated carbocycles. The Hall–Kier alpha value is -2.08. The lowest BCUT2D eigenvalue weighted by Gasteiger charge is -2.21. The average Bonchev–Trinajstić information content (AvgIpc) is 2.99. The number of aromatic nitrogens is 1. The minimum atomic E-state index is -0.129. The molecule has 1 N–H and O–H groups in total. The van der Waals surface area contributed by atoms with Gasteiger partial charge in [-0.25, -0.2) is 9.78 Å². The molecule has 6 heteroatoms. The number of nitrogens with one attached hydrogen (secondary N) is 1. The van der Waals surface area contributed by atoms with Crippen molar-refractivity contribution in [2.45, 2.75) is 26.4 Å². The van der Waals surface area contributed by atoms with Crippen LogP contribution in [0.2, 0.25) is 0 Å². The van der Waals surface area contributed by atoms with E-state index in [1.54, 1.807) is 18.1 Å². The number of hydrogen-bond acceptors (Lipinski definition) is 4. The van der Waals surface area contributed by atoms with E-state index >= 15 is 0 Å². The first kappa shape index (κ1) is 16.3. The fraction of sp³-hybridized carbons (Fsp3) is 0.375. The van der Waals surface area contributed by atoms with Gasteiger partial charge in [0.2, 0.25) is 0 Å². The second kappa shape index (κ2) is 7.79. The third kappa shape index (κ3) is 4.73. The van der Waals surface area contributed by atoms with Gasteiger partial charge in [-0.15, -0.1) is 11.3 Å². The number of para-hydroxylation sites is 1. The van der Waals surface area contributed by atoms with Gasteiger partial charge in [-0.05, 0) is 25.5 Å². The predicted molar refractivity (Wildman–Crippen MR) is 88.2 cm³/mol. The molecule has 0 spiro atoms. The van der Waals surface area contributed by atoms with Crippen LogP contribution in [0.5, 0.6) is 5.75 Å². The molecule has 1 heterocycles. The number of ether oxygens (including phenoxy) is 1. The molecule has 118 valence electrons. The molecule has 1 aromatic heterocycles. The molecule has 1 aromatic carbocycles. The van der Waals surface area contributed by atoms with Gasteiger partial charge >= 0.3 is 6.03 Å². The SMILES string of the molecule is Cc1ccccc1OC[C@@H](C)NC(=O)N(C)Cc1nccs1. The molecule has 2 amide bonds. The highest BCUT2D eigenvalue weighted by Crippen LogP contribution is 2.16. The molecule has 0 bridgehead atoms. The summed E-state index contributed by atoms with van der Waals surface area (Å²) in [7, 11) is 1.76. The number of hydrogen-bond donors (Lipinski definition) is 1. The van der Waals surface area contributed by atoms with Gasteiger partial charge in [0.05, 0.1) is 12.6 Å². The van der Waals surface area contributed by atoms with Crippen molar-refractivity contribution in [3.63, 3.8) is 0 Å². The van der Waals surface area contributed by atoms with Crippen molar-refractivity contribution in [3.8, 4) is 5.75 Å². The normalized spacial score (nSPS) is 11.8. The lowest BCUT2D eigenvalue weighted by molar-refractivity contribution is 0.195. The van der Waals surface area contributed by atoms with Crippen molar-refractivity contribution in [3.05, 3.63) is 46.4 Å². The van der Waals surface area contributed by atoms with E-state index < -0.39 is 0 Å². The van der Waals surface area contributed by atoms with Crippen LogP contribution < -0.4 is 10.1 Å². The quantitative estimate of drug-likeness (QED) is 0.890. The van der Waals surface area contributed by atoms with Crippen molar-refractivity contribution < 1.29 is 9.53 Å². The minimum absolute atomic E-state index is 0.0779. The smallest absolute Gasteiger partial charge is 0.317 e. The van der Waals surface area contributed by atoms with E-state index in [0.29, 0.717) is 13.2 Å². The number of carbonyl (C=O) groups excluding carboxylic acids is 1. The van der Waals surface area contributed by atoms with Crippen LogP contribution in [0.15, 0.2) is 35.8 Å². The Morgan fingerprint density at radius 1 is 1.45 bits per heavy atom. The van der Waals surface area contributed by atoms with Crippen LogP contribution >= 0.6 is 11.3 Å². The number of rotatable bonds is 6. The molecule has 0 saturated heterocycles. The zero-order chi connectivity index (χ0) is 15.9. The summed E-state index contributed by atoms with van der Waals surface area (Å²) in [6.45, 7) is 4.87. The molecule has 0 radical (unpaired) electrons. The summed E-state index contributed by atoms with van der Waals surface area (Å²) in [6.07, 6.45) is 1.74. The van der Waals surface area contributed by atoms with E-state index in [2.05, 4.69) is 10.3 Å². The Kier molecular flexibility index (Phi) is 5.77. The van der Waals surface area contributed by atoms with Crippen LogP contribution in [-0.2, 0) is 6.54 Å². The average molecular weight is 319 g/mol. The fourth-order valence-electron chi connectivity index (χ4n) is 1.90. The van der Waals surface area contributed by atoms with Crippen LogP contribution in [0.4, 0.5) is 4.79 Å². The van der Waals surface area contributed by atoms with Crippen molar-refractivity contribution in [1.29, 1.82) is 0 Å². The highest BCUT2D eigenvalue weighted by Gasteiger charge is 2.14. The number of benzene rings is 1. The van der Waals surface area contributed by atoms with Gasteiger partial charge in [0.1, 0.15) is 17.4 Å². The van der Waals surface area contributed by atoms with Crippen molar-refractivity contribution in [2.24, 2.45) is 0 Å². The second-order valence-corrected chi connectivity index (χ2v) is 6.19. The fourth-order valence-corrected chi connectivity index (χ4v) is 2.57. The standard InChI is InChI=1S/C16H21N3O2S/c1-12-6-4-5-7-14(12)21-11-13(2)18-16(20)19(3)10-15-17-8-9-22-15/h4-9,13H,10-11H2,1-3H3,(H,18,20)/t13-/m1/s1. The van der Waals surface area contributed by atoms with Crippen molar-refractivity contribution in [2.75, 3.05) is 13.7 Å². The summed E-state index contributed by atoms with van der Waals surface area (Å²) in [5, 5.41) is 5.74. The van der Waals surface area contributed by atoms with Crippen LogP contribution in [0.3, 0.4) is 0 Å². The van der Waals surface area contributed by atoms with Crippen LogP contribution in [0.1, 0.15) is 17.5 Å². The molecule has 0 aliphatic rings. The molecule has 2 aromatic rings. The molecule has 2 rings (SSSR count). The number of thiazole rings is 1. The lowest BCUT2D eigenvalue weighted by Crippen LogP contribution is -2.43. The Balaban J connectivity index is 1.77. The molecular weight excluding hydrogens is 298 g/mol. The summed E-state index contributed by atoms with van der Waals surface area (Å²) >= 11 is 1.54. The van der Waals surface area contributed by atoms with Gasteiger partial charge < -0.3 is 15.0 Å². The van der Waals surface area contributed by atoms with Crippen molar-refractivity contribution >= 4 is 17.4 Å². The predicted octanol–water partition coefficient (Wildman–Crippen LogP) is 3.06. The highest BCUT2D eigenvalue weighted by molar-refractivity contribution is 7.09. The van der Waals surface area contributed by atoms with Gasteiger partial charge in [0.15, 0.2) is 0 Å². The maximum Gasteiger partial charge on any atom is 0.317 e. The third-order valence-corrected chi connectivity index (χ3v) is 3.92. The Bertz CT molecular complexity index is 601. The number of amides is 2. The molecule has 5 nitrogen and oxygen atoms in total. The lowest BCUT2D eigenvalue weighted by atomic mass is 10.2. The van der Waals surface area contributed by atoms with E-state index in [9.17, 15) is 4.79 Å². The van der Waals surface area contributed by atoms with Gasteiger partial charge in [0, 0.05) is 18.6 Å². The van der Waals surface area contributed by atoms with Crippen molar-refractivity contribution in [1.82, 2.24) is 15.2 Å². The molecule has 0 unspecified atom stereocenters. The maximum absolute atomic E-state index is 12.1. The van der Waals surface area contributed by atoms with E-state index in [1.807, 2.05) is 43.5 Å². The van der Waals surface area contributed by atoms with E-state index in [0.717, 1.165) is 16.3 Å². The highest BCUT2D eigenvalue weighted by atomic mass is 32.1. The Labute approximate surface area is 134 Å². The van der Waals surface area contributed by atoms with Crippen LogP contribution in [0.25, 0.3) is 0 Å². The van der Waals surface area contributed by atoms with Gasteiger partial charge in [0.25, 0.3) is 0 Å². The molecule has 22 heavy (non-hydrogen) atoms. The zero-order valence-corrected chi connectivity index (χ0v) is 13.9. The largest absolute Gasteiger partial charge is 0.491 e. The first-order valence-electron chi connectivity index (χ1n) is 7.14. The summed E-state index contributed by atoms with van der Waals surface area (Å²) in [5.41, 5.74) is 1.09. The summed E-state index contributed by atoms with van der Waals surface area (Å²) in [4.78, 5) is 17.9. The Morgan fingerprint density at radius 3 is 2.91 bits per heavy atom. The molecule has 1 atom stereocenters. The van der Waals surface area contributed by atoms with Gasteiger partial charge in [-0.3, -0.25) is 0 Å². The number of nitrogens with zero attached hydrogens (tertiary/aromatic N) is 2. The Morgan fingerprint density at radius 2 is 2.23 bits per heavy atom. The second-order valence-electron chi connectivity index (χ2n) is 5.21. The van der Waals surface area contributed by atoms with E-state index in [4.69, 9.17) is 4.74 Å². The summed E-state index contributed by atoms with van der Waals surface area (Å²) in [5.74, 6) is 0.847. The number of aryl methyl sites for hydroxylation is 1. The first-order chi connectivity index (χ1) is 10.6. The zero-order valence-electron chi connectivity index (χ0n) is 13.1. The summed E-state index contributed by atoms with van der Waals surface area (Å²) in [6, 6.07) is 7.63. The first-order valence-corrected chi connectivity index (χ1v) is 8.02. The van der Waals surface area contributed by atoms with Gasteiger partial charge in [-0.2, -0.15) is 0 Å². The topological polar surface area (TPSA) is 54.5 Å². The monoisotopic (exact) mass is 319 g/mol. The number of urea groups is 1. The summed E-state index contributed by atoms with van der Waals surface area (Å²) < 4.78 is 5.74. The molecule has 0 aliphatic heterocycles. The van der Waals surface area contributed by atoms with Crippen LogP contribution in [-0.4, -0.2) is 35.6 Å². The maximum atomic E-state index is 12.1. The van der Waals surface area contributed by atoms with Gasteiger partial charge in [-0.1, -0.05) is 18.2 Å². The van der Waals surface area contributed by atoms with E-state index in [1.165, 1.54) is 11.3 Å². The van der Waals surface area contributed by atoms with Crippen LogP contribution in [0, 0.1) is 6.92 Å². The molecular formula is C16H21N3O2S. The van der Waals surface area contributed by atoms with E-state index in [-0.39, 0.29) is 12.1 Å². The molecule has 0 aliphatic carbocycles. The molecule has 0 fully saturated rings. The number of carbonyl (C=O) groups is 1.